The van der Waals surface area contributed by atoms with E-state index in [1.54, 1.807) is 0 Å². The van der Waals surface area contributed by atoms with Gasteiger partial charge in [-0.3, -0.25) is 0 Å². The summed E-state index contributed by atoms with van der Waals surface area (Å²) in [6.07, 6.45) is 13.8. The van der Waals surface area contributed by atoms with Crippen LogP contribution in [0.2, 0.25) is 0 Å². The minimum atomic E-state index is 0.987. The molecule has 0 radical (unpaired) electrons. The van der Waals surface area contributed by atoms with Crippen LogP contribution in [0.1, 0.15) is 42.5 Å². The van der Waals surface area contributed by atoms with Gasteiger partial charge < -0.3 is 0 Å². The summed E-state index contributed by atoms with van der Waals surface area (Å²) in [4.78, 5) is 0. The standard InChI is InChI=1S/C33H32/c1-5-6-15-27(4)22-24-29-18-13-14-21-32(29)33(30-19-11-8-12-20-30)31(26(2)3)25-23-28-16-9-7-10-17-28/h6-25H,2,4-5H2,1,3H3. The minimum Gasteiger partial charge on any atom is -0.0955 e. The topological polar surface area (TPSA) is 0 Å². The molecule has 0 fully saturated rings. The van der Waals surface area contributed by atoms with Crippen LogP contribution in [0.15, 0.2) is 139 Å². The predicted octanol–water partition coefficient (Wildman–Crippen LogP) is 9.31. The maximum absolute atomic E-state index is 4.33. The van der Waals surface area contributed by atoms with E-state index in [4.69, 9.17) is 0 Å². The van der Waals surface area contributed by atoms with E-state index in [2.05, 4.69) is 142 Å². The van der Waals surface area contributed by atoms with Crippen LogP contribution in [0, 0.1) is 0 Å². The second-order valence-corrected chi connectivity index (χ2v) is 7.99. The van der Waals surface area contributed by atoms with Crippen molar-refractivity contribution in [3.63, 3.8) is 0 Å². The zero-order valence-electron chi connectivity index (χ0n) is 19.7. The molecule has 33 heavy (non-hydrogen) atoms. The van der Waals surface area contributed by atoms with Gasteiger partial charge in [0.1, 0.15) is 0 Å². The molecule has 0 heterocycles. The maximum Gasteiger partial charge on any atom is -0.00304 e. The second-order valence-electron chi connectivity index (χ2n) is 7.99. The molecular weight excluding hydrogens is 396 g/mol. The molecule has 0 heteroatoms. The fourth-order valence-electron chi connectivity index (χ4n) is 3.64. The first-order chi connectivity index (χ1) is 16.1. The molecule has 0 spiro atoms. The van der Waals surface area contributed by atoms with Crippen LogP contribution in [0.3, 0.4) is 0 Å². The van der Waals surface area contributed by atoms with Crippen molar-refractivity contribution in [3.8, 4) is 0 Å². The van der Waals surface area contributed by atoms with Gasteiger partial charge in [0.25, 0.3) is 0 Å². The lowest BCUT2D eigenvalue weighted by molar-refractivity contribution is 1.22. The van der Waals surface area contributed by atoms with Gasteiger partial charge in [-0.05, 0) is 52.3 Å². The van der Waals surface area contributed by atoms with E-state index in [1.807, 2.05) is 6.07 Å². The molecule has 0 atom stereocenters. The molecule has 3 aromatic carbocycles. The Labute approximate surface area is 199 Å². The Hall–Kier alpha value is -3.90. The van der Waals surface area contributed by atoms with Crippen LogP contribution < -0.4 is 0 Å². The van der Waals surface area contributed by atoms with E-state index in [1.165, 1.54) is 16.7 Å². The lowest BCUT2D eigenvalue weighted by Gasteiger charge is -2.17. The summed E-state index contributed by atoms with van der Waals surface area (Å²) in [6.45, 7) is 12.7. The highest BCUT2D eigenvalue weighted by Gasteiger charge is 2.13. The van der Waals surface area contributed by atoms with Crippen LogP contribution >= 0.6 is 0 Å². The van der Waals surface area contributed by atoms with Crippen LogP contribution in [0.5, 0.6) is 0 Å². The molecule has 0 aliphatic carbocycles. The third-order valence-corrected chi connectivity index (χ3v) is 5.31. The number of hydrogen-bond donors (Lipinski definition) is 0. The van der Waals surface area contributed by atoms with E-state index in [0.29, 0.717) is 0 Å². The van der Waals surface area contributed by atoms with Crippen molar-refractivity contribution in [1.82, 2.24) is 0 Å². The van der Waals surface area contributed by atoms with Crippen molar-refractivity contribution >= 4 is 17.7 Å². The third-order valence-electron chi connectivity index (χ3n) is 5.31. The Morgan fingerprint density at radius 3 is 2.03 bits per heavy atom. The first kappa shape index (κ1) is 23.8. The SMILES string of the molecule is C=C(C=CCC)C=Cc1ccccc1C(=C(C=Cc1ccccc1)C(=C)C)c1ccccc1. The van der Waals surface area contributed by atoms with Crippen molar-refractivity contribution in [2.24, 2.45) is 0 Å². The van der Waals surface area contributed by atoms with Crippen LogP contribution in [-0.4, -0.2) is 0 Å². The Bertz CT molecular complexity index is 1200. The van der Waals surface area contributed by atoms with E-state index in [-0.39, 0.29) is 0 Å². The number of hydrogen-bond acceptors (Lipinski definition) is 0. The van der Waals surface area contributed by atoms with E-state index >= 15 is 0 Å². The molecule has 0 aliphatic rings. The lowest BCUT2D eigenvalue weighted by atomic mass is 9.87. The molecule has 0 N–H and O–H groups in total. The molecule has 3 rings (SSSR count). The molecule has 0 nitrogen and oxygen atoms in total. The first-order valence-corrected chi connectivity index (χ1v) is 11.4. The van der Waals surface area contributed by atoms with Gasteiger partial charge >= 0.3 is 0 Å². The van der Waals surface area contributed by atoms with Crippen LogP contribution in [-0.2, 0) is 0 Å². The monoisotopic (exact) mass is 428 g/mol. The predicted molar refractivity (Wildman–Crippen MR) is 147 cm³/mol. The normalized spacial score (nSPS) is 12.4. The summed E-state index contributed by atoms with van der Waals surface area (Å²) in [7, 11) is 0. The van der Waals surface area contributed by atoms with Gasteiger partial charge in [0.15, 0.2) is 0 Å². The van der Waals surface area contributed by atoms with Gasteiger partial charge in [-0.15, -0.1) is 0 Å². The molecule has 0 saturated heterocycles. The molecule has 0 aliphatic heterocycles. The van der Waals surface area contributed by atoms with Gasteiger partial charge in [-0.2, -0.15) is 0 Å². The van der Waals surface area contributed by atoms with Crippen molar-refractivity contribution in [2.75, 3.05) is 0 Å². The van der Waals surface area contributed by atoms with Gasteiger partial charge in [0, 0.05) is 0 Å². The highest BCUT2D eigenvalue weighted by atomic mass is 14.2. The van der Waals surface area contributed by atoms with Crippen molar-refractivity contribution < 1.29 is 0 Å². The Kier molecular flexibility index (Phi) is 8.79. The zero-order valence-corrected chi connectivity index (χ0v) is 19.7. The third kappa shape index (κ3) is 6.79. The van der Waals surface area contributed by atoms with Gasteiger partial charge in [0.05, 0.1) is 0 Å². The number of benzene rings is 3. The summed E-state index contributed by atoms with van der Waals surface area (Å²) in [6, 6.07) is 29.4. The fraction of sp³-hybridized carbons (Fsp3) is 0.0909. The zero-order chi connectivity index (χ0) is 23.5. The fourth-order valence-corrected chi connectivity index (χ4v) is 3.64. The number of rotatable bonds is 9. The summed E-state index contributed by atoms with van der Waals surface area (Å²) in [5.41, 5.74) is 8.95. The Balaban J connectivity index is 2.19. The first-order valence-electron chi connectivity index (χ1n) is 11.4. The van der Waals surface area contributed by atoms with Gasteiger partial charge in [0.2, 0.25) is 0 Å². The van der Waals surface area contributed by atoms with E-state index in [9.17, 15) is 0 Å². The highest BCUT2D eigenvalue weighted by Crippen LogP contribution is 2.33. The van der Waals surface area contributed by atoms with Crippen molar-refractivity contribution in [1.29, 1.82) is 0 Å². The van der Waals surface area contributed by atoms with Crippen molar-refractivity contribution in [3.05, 3.63) is 161 Å². The largest absolute Gasteiger partial charge is 0.0955 e. The smallest absolute Gasteiger partial charge is 0.00304 e. The maximum atomic E-state index is 4.33. The molecule has 0 saturated carbocycles. The molecule has 3 aromatic rings. The lowest BCUT2D eigenvalue weighted by Crippen LogP contribution is -1.97. The summed E-state index contributed by atoms with van der Waals surface area (Å²) in [5, 5.41) is 0. The van der Waals surface area contributed by atoms with E-state index < -0.39 is 0 Å². The molecule has 164 valence electrons. The second kappa shape index (κ2) is 12.2. The summed E-state index contributed by atoms with van der Waals surface area (Å²) >= 11 is 0. The van der Waals surface area contributed by atoms with Crippen LogP contribution in [0.4, 0.5) is 0 Å². The highest BCUT2D eigenvalue weighted by molar-refractivity contribution is 5.90. The summed E-state index contributed by atoms with van der Waals surface area (Å²) in [5.74, 6) is 0. The molecule has 0 bridgehead atoms. The molecule has 0 unspecified atom stereocenters. The van der Waals surface area contributed by atoms with E-state index in [0.717, 1.165) is 34.3 Å². The quantitative estimate of drug-likeness (QED) is 0.298. The molecular formula is C33H32. The van der Waals surface area contributed by atoms with Gasteiger partial charge in [-0.25, -0.2) is 0 Å². The van der Waals surface area contributed by atoms with Gasteiger partial charge in [-0.1, -0.05) is 147 Å². The average Bonchev–Trinajstić information content (AvgIpc) is 2.85. The Morgan fingerprint density at radius 1 is 0.727 bits per heavy atom. The number of allylic oxidation sites excluding steroid dienone is 7. The van der Waals surface area contributed by atoms with Crippen molar-refractivity contribution in [2.45, 2.75) is 20.3 Å². The Morgan fingerprint density at radius 2 is 1.36 bits per heavy atom. The minimum absolute atomic E-state index is 0.987. The average molecular weight is 429 g/mol. The molecule has 0 amide bonds. The molecule has 0 aromatic heterocycles. The van der Waals surface area contributed by atoms with Crippen LogP contribution in [0.25, 0.3) is 17.7 Å². The summed E-state index contributed by atoms with van der Waals surface area (Å²) < 4.78 is 0.